The first-order chi connectivity index (χ1) is 9.37. The molecule has 0 unspecified atom stereocenters. The lowest BCUT2D eigenvalue weighted by Gasteiger charge is -2.40. The standard InChI is InChI=1S/C15H23N3O2/c1-12-11-17(13-7-5-6-8-16-13)9-10-18(12)14(19)20-15(2,3)4/h5-8,12H,9-11H2,1-4H3/t12-/m1/s1. The van der Waals surface area contributed by atoms with Gasteiger partial charge in [-0.05, 0) is 39.8 Å². The van der Waals surface area contributed by atoms with Crippen molar-refractivity contribution in [3.63, 3.8) is 0 Å². The van der Waals surface area contributed by atoms with E-state index in [1.54, 1.807) is 11.1 Å². The van der Waals surface area contributed by atoms with Gasteiger partial charge in [0.05, 0.1) is 0 Å². The van der Waals surface area contributed by atoms with Crippen molar-refractivity contribution in [1.29, 1.82) is 0 Å². The summed E-state index contributed by atoms with van der Waals surface area (Å²) in [5.41, 5.74) is -0.449. The second-order valence-corrected chi connectivity index (χ2v) is 6.16. The SMILES string of the molecule is C[C@@H]1CN(c2ccccn2)CCN1C(=O)OC(C)(C)C. The second kappa shape index (κ2) is 5.69. The van der Waals surface area contributed by atoms with Crippen molar-refractivity contribution in [1.82, 2.24) is 9.88 Å². The van der Waals surface area contributed by atoms with Gasteiger partial charge in [0.1, 0.15) is 11.4 Å². The smallest absolute Gasteiger partial charge is 0.410 e. The van der Waals surface area contributed by atoms with Gasteiger partial charge in [-0.25, -0.2) is 9.78 Å². The fraction of sp³-hybridized carbons (Fsp3) is 0.600. The van der Waals surface area contributed by atoms with Gasteiger partial charge < -0.3 is 14.5 Å². The van der Waals surface area contributed by atoms with Crippen LogP contribution in [0, 0.1) is 0 Å². The molecule has 1 amide bonds. The largest absolute Gasteiger partial charge is 0.444 e. The fourth-order valence-electron chi connectivity index (χ4n) is 2.30. The van der Waals surface area contributed by atoms with Gasteiger partial charge in [0, 0.05) is 31.9 Å². The van der Waals surface area contributed by atoms with Crippen molar-refractivity contribution in [2.45, 2.75) is 39.3 Å². The number of hydrogen-bond donors (Lipinski definition) is 0. The number of aromatic nitrogens is 1. The third-order valence-corrected chi connectivity index (χ3v) is 3.23. The number of rotatable bonds is 1. The number of anilines is 1. The zero-order valence-electron chi connectivity index (χ0n) is 12.7. The Morgan fingerprint density at radius 2 is 2.10 bits per heavy atom. The molecule has 0 spiro atoms. The molecule has 5 nitrogen and oxygen atoms in total. The summed E-state index contributed by atoms with van der Waals surface area (Å²) in [5, 5.41) is 0. The number of amides is 1. The monoisotopic (exact) mass is 277 g/mol. The van der Waals surface area contributed by atoms with E-state index in [1.807, 2.05) is 45.9 Å². The Balaban J connectivity index is 1.98. The number of carbonyl (C=O) groups excluding carboxylic acids is 1. The lowest BCUT2D eigenvalue weighted by atomic mass is 10.2. The van der Waals surface area contributed by atoms with Crippen molar-refractivity contribution in [3.05, 3.63) is 24.4 Å². The van der Waals surface area contributed by atoms with E-state index in [9.17, 15) is 4.79 Å². The second-order valence-electron chi connectivity index (χ2n) is 6.16. The molecule has 0 N–H and O–H groups in total. The van der Waals surface area contributed by atoms with Gasteiger partial charge in [0.25, 0.3) is 0 Å². The number of piperazine rings is 1. The Kier molecular flexibility index (Phi) is 4.16. The first-order valence-corrected chi connectivity index (χ1v) is 7.02. The third-order valence-electron chi connectivity index (χ3n) is 3.23. The van der Waals surface area contributed by atoms with E-state index in [1.165, 1.54) is 0 Å². The van der Waals surface area contributed by atoms with E-state index in [2.05, 4.69) is 9.88 Å². The van der Waals surface area contributed by atoms with E-state index < -0.39 is 5.60 Å². The topological polar surface area (TPSA) is 45.7 Å². The quantitative estimate of drug-likeness (QED) is 0.791. The Hall–Kier alpha value is -1.78. The van der Waals surface area contributed by atoms with E-state index in [0.29, 0.717) is 6.54 Å². The molecule has 20 heavy (non-hydrogen) atoms. The molecular weight excluding hydrogens is 254 g/mol. The molecular formula is C15H23N3O2. The molecule has 1 aliphatic rings. The number of ether oxygens (including phenoxy) is 1. The fourth-order valence-corrected chi connectivity index (χ4v) is 2.30. The van der Waals surface area contributed by atoms with Crippen molar-refractivity contribution in [2.24, 2.45) is 0 Å². The summed E-state index contributed by atoms with van der Waals surface area (Å²) in [6.07, 6.45) is 1.56. The summed E-state index contributed by atoms with van der Waals surface area (Å²) >= 11 is 0. The van der Waals surface area contributed by atoms with Crippen molar-refractivity contribution >= 4 is 11.9 Å². The predicted octanol–water partition coefficient (Wildman–Crippen LogP) is 2.53. The molecule has 0 aliphatic carbocycles. The van der Waals surface area contributed by atoms with Gasteiger partial charge in [0.2, 0.25) is 0 Å². The van der Waals surface area contributed by atoms with E-state index >= 15 is 0 Å². The molecule has 1 saturated heterocycles. The molecule has 1 atom stereocenters. The minimum atomic E-state index is -0.449. The maximum absolute atomic E-state index is 12.1. The molecule has 1 fully saturated rings. The zero-order chi connectivity index (χ0) is 14.8. The lowest BCUT2D eigenvalue weighted by molar-refractivity contribution is 0.0158. The summed E-state index contributed by atoms with van der Waals surface area (Å²) in [6, 6.07) is 5.99. The van der Waals surface area contributed by atoms with Crippen LogP contribution < -0.4 is 4.90 Å². The van der Waals surface area contributed by atoms with Gasteiger partial charge in [-0.1, -0.05) is 6.07 Å². The first kappa shape index (κ1) is 14.6. The van der Waals surface area contributed by atoms with Crippen molar-refractivity contribution in [3.8, 4) is 0 Å². The number of nitrogens with zero attached hydrogens (tertiary/aromatic N) is 3. The van der Waals surface area contributed by atoms with Gasteiger partial charge in [-0.15, -0.1) is 0 Å². The highest BCUT2D eigenvalue weighted by Crippen LogP contribution is 2.19. The minimum Gasteiger partial charge on any atom is -0.444 e. The van der Waals surface area contributed by atoms with Crippen molar-refractivity contribution < 1.29 is 9.53 Å². The molecule has 1 aromatic heterocycles. The maximum atomic E-state index is 12.1. The summed E-state index contributed by atoms with van der Waals surface area (Å²) in [7, 11) is 0. The normalized spacial score (nSPS) is 19.9. The van der Waals surface area contributed by atoms with Crippen LogP contribution in [0.15, 0.2) is 24.4 Å². The van der Waals surface area contributed by atoms with Crippen molar-refractivity contribution in [2.75, 3.05) is 24.5 Å². The molecule has 1 aromatic rings. The van der Waals surface area contributed by atoms with Gasteiger partial charge in [-0.2, -0.15) is 0 Å². The highest BCUT2D eigenvalue weighted by Gasteiger charge is 2.31. The van der Waals surface area contributed by atoms with E-state index in [0.717, 1.165) is 18.9 Å². The van der Waals surface area contributed by atoms with E-state index in [4.69, 9.17) is 4.74 Å². The molecule has 0 radical (unpaired) electrons. The van der Waals surface area contributed by atoms with Crippen LogP contribution in [0.1, 0.15) is 27.7 Å². The zero-order valence-corrected chi connectivity index (χ0v) is 12.7. The van der Waals surface area contributed by atoms with Crippen LogP contribution in [-0.2, 0) is 4.74 Å². The average molecular weight is 277 g/mol. The van der Waals surface area contributed by atoms with Crippen LogP contribution in [-0.4, -0.2) is 47.3 Å². The molecule has 1 aliphatic heterocycles. The number of carbonyl (C=O) groups is 1. The maximum Gasteiger partial charge on any atom is 0.410 e. The predicted molar refractivity (Wildman–Crippen MR) is 78.9 cm³/mol. The number of pyridine rings is 1. The minimum absolute atomic E-state index is 0.112. The van der Waals surface area contributed by atoms with E-state index in [-0.39, 0.29) is 12.1 Å². The van der Waals surface area contributed by atoms with Crippen LogP contribution in [0.5, 0.6) is 0 Å². The summed E-state index contributed by atoms with van der Waals surface area (Å²) in [5.74, 6) is 0.961. The highest BCUT2D eigenvalue weighted by molar-refractivity contribution is 5.69. The molecule has 0 aromatic carbocycles. The summed E-state index contributed by atoms with van der Waals surface area (Å²) < 4.78 is 5.44. The van der Waals surface area contributed by atoms with Crippen LogP contribution in [0.4, 0.5) is 10.6 Å². The Morgan fingerprint density at radius 3 is 2.65 bits per heavy atom. The van der Waals surface area contributed by atoms with Gasteiger partial charge in [-0.3, -0.25) is 0 Å². The Morgan fingerprint density at radius 1 is 1.35 bits per heavy atom. The first-order valence-electron chi connectivity index (χ1n) is 7.02. The molecule has 2 heterocycles. The summed E-state index contributed by atoms with van der Waals surface area (Å²) in [6.45, 7) is 9.92. The number of hydrogen-bond acceptors (Lipinski definition) is 4. The average Bonchev–Trinajstić information content (AvgIpc) is 2.37. The van der Waals surface area contributed by atoms with Crippen LogP contribution in [0.2, 0.25) is 0 Å². The molecule has 0 bridgehead atoms. The molecule has 2 rings (SSSR count). The van der Waals surface area contributed by atoms with Crippen LogP contribution in [0.25, 0.3) is 0 Å². The van der Waals surface area contributed by atoms with Crippen LogP contribution in [0.3, 0.4) is 0 Å². The third kappa shape index (κ3) is 3.62. The Bertz CT molecular complexity index is 456. The molecule has 110 valence electrons. The summed E-state index contributed by atoms with van der Waals surface area (Å²) in [4.78, 5) is 20.5. The molecule has 5 heteroatoms. The Labute approximate surface area is 120 Å². The van der Waals surface area contributed by atoms with Gasteiger partial charge >= 0.3 is 6.09 Å². The molecule has 0 saturated carbocycles. The van der Waals surface area contributed by atoms with Gasteiger partial charge in [0.15, 0.2) is 0 Å². The lowest BCUT2D eigenvalue weighted by Crippen LogP contribution is -2.55. The highest BCUT2D eigenvalue weighted by atomic mass is 16.6. The van der Waals surface area contributed by atoms with Crippen LogP contribution >= 0.6 is 0 Å².